The van der Waals surface area contributed by atoms with Crippen LogP contribution in [0.4, 0.5) is 0 Å². The van der Waals surface area contributed by atoms with E-state index in [1.807, 2.05) is 24.3 Å². The van der Waals surface area contributed by atoms with Gasteiger partial charge in [0.15, 0.2) is 0 Å². The summed E-state index contributed by atoms with van der Waals surface area (Å²) in [6, 6.07) is 9.23. The Kier molecular flexibility index (Phi) is 4.27. The number of rotatable bonds is 4. The van der Waals surface area contributed by atoms with Gasteiger partial charge in [-0.15, -0.1) is 0 Å². The van der Waals surface area contributed by atoms with Gasteiger partial charge in [0.2, 0.25) is 10.0 Å². The molecule has 1 aromatic carbocycles. The van der Waals surface area contributed by atoms with Gasteiger partial charge in [-0.05, 0) is 66.6 Å². The molecule has 1 heterocycles. The van der Waals surface area contributed by atoms with E-state index >= 15 is 0 Å². The van der Waals surface area contributed by atoms with E-state index in [2.05, 4.69) is 4.98 Å². The summed E-state index contributed by atoms with van der Waals surface area (Å²) in [7, 11) is -1.84. The van der Waals surface area contributed by atoms with Crippen LogP contribution in [0.25, 0.3) is 0 Å². The summed E-state index contributed by atoms with van der Waals surface area (Å²) in [5.41, 5.74) is 3.41. The number of aryl methyl sites for hydroxylation is 2. The lowest BCUT2D eigenvalue weighted by molar-refractivity contribution is 0.466. The zero-order chi connectivity index (χ0) is 15.6. The van der Waals surface area contributed by atoms with Crippen molar-refractivity contribution in [2.45, 2.75) is 37.1 Å². The molecule has 0 fully saturated rings. The highest BCUT2D eigenvalue weighted by Crippen LogP contribution is 2.25. The number of pyridine rings is 1. The van der Waals surface area contributed by atoms with Gasteiger partial charge in [0, 0.05) is 26.0 Å². The zero-order valence-electron chi connectivity index (χ0n) is 12.7. The number of sulfonamides is 1. The van der Waals surface area contributed by atoms with Crippen LogP contribution in [0.1, 0.15) is 29.5 Å². The van der Waals surface area contributed by atoms with Gasteiger partial charge in [-0.2, -0.15) is 4.31 Å². The highest BCUT2D eigenvalue weighted by molar-refractivity contribution is 7.89. The minimum absolute atomic E-state index is 0.349. The molecular formula is C17H20N2O2S. The maximum atomic E-state index is 12.7. The molecule has 1 aliphatic rings. The SMILES string of the molecule is CN(Cc1ccncc1)S(=O)(=O)c1ccc2c(c1)CCCC2. The summed E-state index contributed by atoms with van der Waals surface area (Å²) < 4.78 is 26.9. The minimum Gasteiger partial charge on any atom is -0.265 e. The van der Waals surface area contributed by atoms with Gasteiger partial charge in [-0.3, -0.25) is 4.98 Å². The largest absolute Gasteiger partial charge is 0.265 e. The fraction of sp³-hybridized carbons (Fsp3) is 0.353. The monoisotopic (exact) mass is 316 g/mol. The molecule has 0 aliphatic heterocycles. The van der Waals surface area contributed by atoms with E-state index in [0.29, 0.717) is 11.4 Å². The molecule has 0 atom stereocenters. The molecule has 0 unspecified atom stereocenters. The summed E-state index contributed by atoms with van der Waals surface area (Å²) in [5, 5.41) is 0. The van der Waals surface area contributed by atoms with Crippen molar-refractivity contribution in [3.8, 4) is 0 Å². The van der Waals surface area contributed by atoms with Gasteiger partial charge >= 0.3 is 0 Å². The second-order valence-corrected chi connectivity index (χ2v) is 7.80. The van der Waals surface area contributed by atoms with Crippen molar-refractivity contribution in [2.24, 2.45) is 0 Å². The molecule has 0 saturated carbocycles. The third-order valence-electron chi connectivity index (χ3n) is 4.18. The Labute approximate surface area is 131 Å². The zero-order valence-corrected chi connectivity index (χ0v) is 13.5. The first-order valence-electron chi connectivity index (χ1n) is 7.54. The van der Waals surface area contributed by atoms with Crippen molar-refractivity contribution in [1.29, 1.82) is 0 Å². The van der Waals surface area contributed by atoms with E-state index in [4.69, 9.17) is 0 Å². The van der Waals surface area contributed by atoms with Crippen molar-refractivity contribution >= 4 is 10.0 Å². The molecule has 1 aromatic heterocycles. The first-order valence-corrected chi connectivity index (χ1v) is 8.98. The van der Waals surface area contributed by atoms with E-state index < -0.39 is 10.0 Å². The summed E-state index contributed by atoms with van der Waals surface area (Å²) in [6.07, 6.45) is 7.73. The van der Waals surface area contributed by atoms with Gasteiger partial charge in [-0.25, -0.2) is 8.42 Å². The molecule has 0 saturated heterocycles. The highest BCUT2D eigenvalue weighted by Gasteiger charge is 2.22. The van der Waals surface area contributed by atoms with Crippen LogP contribution in [0.15, 0.2) is 47.6 Å². The topological polar surface area (TPSA) is 50.3 Å². The van der Waals surface area contributed by atoms with Gasteiger partial charge < -0.3 is 0 Å². The van der Waals surface area contributed by atoms with Crippen molar-refractivity contribution in [3.05, 3.63) is 59.4 Å². The molecule has 22 heavy (non-hydrogen) atoms. The molecule has 0 amide bonds. The molecule has 0 spiro atoms. The third-order valence-corrected chi connectivity index (χ3v) is 5.98. The Hall–Kier alpha value is -1.72. The quantitative estimate of drug-likeness (QED) is 0.871. The lowest BCUT2D eigenvalue weighted by Gasteiger charge is -2.20. The molecule has 0 radical (unpaired) electrons. The van der Waals surface area contributed by atoms with Crippen LogP contribution in [-0.4, -0.2) is 24.8 Å². The van der Waals surface area contributed by atoms with Gasteiger partial charge in [0.25, 0.3) is 0 Å². The molecule has 3 rings (SSSR count). The number of benzene rings is 1. The van der Waals surface area contributed by atoms with Gasteiger partial charge in [0.05, 0.1) is 4.90 Å². The van der Waals surface area contributed by atoms with E-state index in [1.165, 1.54) is 21.9 Å². The van der Waals surface area contributed by atoms with E-state index in [-0.39, 0.29) is 0 Å². The Morgan fingerprint density at radius 3 is 2.45 bits per heavy atom. The predicted octanol–water partition coefficient (Wildman–Crippen LogP) is 2.78. The highest BCUT2D eigenvalue weighted by atomic mass is 32.2. The predicted molar refractivity (Wildman–Crippen MR) is 86.0 cm³/mol. The molecule has 5 heteroatoms. The fourth-order valence-electron chi connectivity index (χ4n) is 2.88. The summed E-state index contributed by atoms with van der Waals surface area (Å²) >= 11 is 0. The first-order chi connectivity index (χ1) is 10.6. The average Bonchev–Trinajstić information content (AvgIpc) is 2.55. The average molecular weight is 316 g/mol. The lowest BCUT2D eigenvalue weighted by Crippen LogP contribution is -2.26. The van der Waals surface area contributed by atoms with Crippen LogP contribution in [0.2, 0.25) is 0 Å². The molecule has 0 N–H and O–H groups in total. The third kappa shape index (κ3) is 3.05. The molecule has 0 bridgehead atoms. The number of aromatic nitrogens is 1. The number of hydrogen-bond acceptors (Lipinski definition) is 3. The summed E-state index contributed by atoms with van der Waals surface area (Å²) in [4.78, 5) is 4.35. The van der Waals surface area contributed by atoms with Crippen molar-refractivity contribution in [1.82, 2.24) is 9.29 Å². The van der Waals surface area contributed by atoms with Crippen LogP contribution in [0, 0.1) is 0 Å². The lowest BCUT2D eigenvalue weighted by atomic mass is 9.92. The van der Waals surface area contributed by atoms with Crippen LogP contribution >= 0.6 is 0 Å². The molecule has 2 aromatic rings. The number of hydrogen-bond donors (Lipinski definition) is 0. The van der Waals surface area contributed by atoms with E-state index in [0.717, 1.165) is 24.8 Å². The maximum Gasteiger partial charge on any atom is 0.243 e. The van der Waals surface area contributed by atoms with Crippen LogP contribution < -0.4 is 0 Å². The summed E-state index contributed by atoms with van der Waals surface area (Å²) in [6.45, 7) is 0.349. The Balaban J connectivity index is 1.86. The van der Waals surface area contributed by atoms with Crippen LogP contribution in [0.5, 0.6) is 0 Å². The number of fused-ring (bicyclic) bond motifs is 1. The van der Waals surface area contributed by atoms with Gasteiger partial charge in [-0.1, -0.05) is 6.07 Å². The van der Waals surface area contributed by atoms with Crippen molar-refractivity contribution in [2.75, 3.05) is 7.05 Å². The second-order valence-electron chi connectivity index (χ2n) is 5.75. The summed E-state index contributed by atoms with van der Waals surface area (Å²) in [5.74, 6) is 0. The molecular weight excluding hydrogens is 296 g/mol. The van der Waals surface area contributed by atoms with Crippen molar-refractivity contribution < 1.29 is 8.42 Å². The maximum absolute atomic E-state index is 12.7. The Bertz CT molecular complexity index is 757. The first kappa shape index (κ1) is 15.2. The molecule has 1 aliphatic carbocycles. The normalized spacial score (nSPS) is 14.8. The molecule has 4 nitrogen and oxygen atoms in total. The van der Waals surface area contributed by atoms with Crippen LogP contribution in [-0.2, 0) is 29.4 Å². The minimum atomic E-state index is -3.46. The number of nitrogens with zero attached hydrogens (tertiary/aromatic N) is 2. The standard InChI is InChI=1S/C17H20N2O2S/c1-19(13-14-8-10-18-11-9-14)22(20,21)17-7-6-15-4-2-3-5-16(15)12-17/h6-12H,2-5,13H2,1H3. The van der Waals surface area contributed by atoms with E-state index in [1.54, 1.807) is 25.5 Å². The van der Waals surface area contributed by atoms with E-state index in [9.17, 15) is 8.42 Å². The Morgan fingerprint density at radius 2 is 1.73 bits per heavy atom. The molecule has 116 valence electrons. The smallest absolute Gasteiger partial charge is 0.243 e. The second kappa shape index (κ2) is 6.18. The Morgan fingerprint density at radius 1 is 1.05 bits per heavy atom. The van der Waals surface area contributed by atoms with Crippen molar-refractivity contribution in [3.63, 3.8) is 0 Å². The van der Waals surface area contributed by atoms with Gasteiger partial charge in [0.1, 0.15) is 0 Å². The van der Waals surface area contributed by atoms with Crippen LogP contribution in [0.3, 0.4) is 0 Å². The fourth-order valence-corrected chi connectivity index (χ4v) is 4.09.